The van der Waals surface area contributed by atoms with Crippen LogP contribution in [0.15, 0.2) is 40.3 Å². The molecule has 0 spiro atoms. The van der Waals surface area contributed by atoms with Crippen molar-refractivity contribution in [1.29, 1.82) is 0 Å². The van der Waals surface area contributed by atoms with Gasteiger partial charge in [0.25, 0.3) is 0 Å². The number of benzene rings is 1. The number of hydrogen-bond donors (Lipinski definition) is 0. The van der Waals surface area contributed by atoms with Crippen molar-refractivity contribution in [2.75, 3.05) is 0 Å². The second-order valence-corrected chi connectivity index (χ2v) is 7.07. The summed E-state index contributed by atoms with van der Waals surface area (Å²) in [5.74, 6) is 0.0881. The Bertz CT molecular complexity index is 785. The van der Waals surface area contributed by atoms with Crippen LogP contribution in [0.1, 0.15) is 20.8 Å². The molecule has 0 saturated heterocycles. The molecule has 0 bridgehead atoms. The highest BCUT2D eigenvalue weighted by Gasteiger charge is 2.17. The fourth-order valence-corrected chi connectivity index (χ4v) is 3.58. The summed E-state index contributed by atoms with van der Waals surface area (Å²) in [4.78, 5) is 13.3. The number of aryl methyl sites for hydroxylation is 2. The molecule has 2 aromatic heterocycles. The van der Waals surface area contributed by atoms with Crippen molar-refractivity contribution >= 4 is 44.0 Å². The molecular formula is C15H12BrNOS. The minimum absolute atomic E-state index is 0.0881. The Kier molecular flexibility index (Phi) is 3.07. The molecule has 0 fully saturated rings. The number of nitrogens with zero attached hydrogens (tertiary/aromatic N) is 1. The van der Waals surface area contributed by atoms with Gasteiger partial charge in [-0.3, -0.25) is 4.79 Å². The minimum Gasteiger partial charge on any atom is -0.350 e. The van der Waals surface area contributed by atoms with Crippen LogP contribution in [-0.4, -0.2) is 10.4 Å². The first-order chi connectivity index (χ1) is 9.06. The number of carbonyl (C=O) groups excluding carboxylic acids is 1. The highest BCUT2D eigenvalue weighted by atomic mass is 79.9. The number of ketones is 1. The Morgan fingerprint density at radius 3 is 2.74 bits per heavy atom. The minimum atomic E-state index is 0.0881. The number of rotatable bonds is 2. The Labute approximate surface area is 123 Å². The van der Waals surface area contributed by atoms with E-state index in [0.29, 0.717) is 0 Å². The van der Waals surface area contributed by atoms with Gasteiger partial charge in [0.15, 0.2) is 0 Å². The third-order valence-corrected chi connectivity index (χ3v) is 4.81. The highest BCUT2D eigenvalue weighted by molar-refractivity contribution is 9.11. The van der Waals surface area contributed by atoms with Crippen LogP contribution in [-0.2, 0) is 7.05 Å². The number of aromatic nitrogens is 1. The molecular weight excluding hydrogens is 322 g/mol. The van der Waals surface area contributed by atoms with Crippen LogP contribution >= 0.6 is 27.3 Å². The van der Waals surface area contributed by atoms with Crippen LogP contribution in [0.25, 0.3) is 10.9 Å². The van der Waals surface area contributed by atoms with Crippen molar-refractivity contribution < 1.29 is 4.79 Å². The van der Waals surface area contributed by atoms with Crippen LogP contribution < -0.4 is 0 Å². The van der Waals surface area contributed by atoms with Gasteiger partial charge in [-0.25, -0.2) is 0 Å². The molecule has 4 heteroatoms. The lowest BCUT2D eigenvalue weighted by Crippen LogP contribution is -1.97. The monoisotopic (exact) mass is 333 g/mol. The van der Waals surface area contributed by atoms with Gasteiger partial charge < -0.3 is 4.57 Å². The average molecular weight is 334 g/mol. The predicted octanol–water partition coefficient (Wildman–Crippen LogP) is 4.54. The van der Waals surface area contributed by atoms with Gasteiger partial charge in [-0.2, -0.15) is 0 Å². The zero-order valence-electron chi connectivity index (χ0n) is 10.6. The molecule has 0 saturated carbocycles. The molecule has 96 valence electrons. The molecule has 19 heavy (non-hydrogen) atoms. The zero-order valence-corrected chi connectivity index (χ0v) is 13.0. The average Bonchev–Trinajstić information content (AvgIpc) is 2.94. The second-order valence-electron chi connectivity index (χ2n) is 4.61. The maximum Gasteiger partial charge on any atom is 0.205 e. The van der Waals surface area contributed by atoms with Crippen LogP contribution in [0.4, 0.5) is 0 Å². The molecule has 0 atom stereocenters. The van der Waals surface area contributed by atoms with Crippen molar-refractivity contribution in [3.05, 3.63) is 56.3 Å². The second kappa shape index (κ2) is 4.62. The summed E-state index contributed by atoms with van der Waals surface area (Å²) in [6.45, 7) is 2.06. The number of thiophene rings is 1. The molecule has 0 aliphatic carbocycles. The highest BCUT2D eigenvalue weighted by Crippen LogP contribution is 2.28. The molecule has 2 heterocycles. The fourth-order valence-electron chi connectivity index (χ4n) is 2.24. The lowest BCUT2D eigenvalue weighted by molar-refractivity contribution is 0.104. The zero-order chi connectivity index (χ0) is 13.6. The number of carbonyl (C=O) groups is 1. The molecule has 0 N–H and O–H groups in total. The van der Waals surface area contributed by atoms with E-state index in [4.69, 9.17) is 0 Å². The molecule has 0 amide bonds. The fraction of sp³-hybridized carbons (Fsp3) is 0.133. The summed E-state index contributed by atoms with van der Waals surface area (Å²) >= 11 is 4.87. The maximum atomic E-state index is 12.5. The smallest absolute Gasteiger partial charge is 0.205 e. The van der Waals surface area contributed by atoms with Crippen LogP contribution in [0.2, 0.25) is 0 Å². The van der Waals surface area contributed by atoms with Crippen molar-refractivity contribution in [2.45, 2.75) is 6.92 Å². The van der Waals surface area contributed by atoms with Gasteiger partial charge in [0.05, 0.1) is 8.66 Å². The largest absolute Gasteiger partial charge is 0.350 e. The summed E-state index contributed by atoms with van der Waals surface area (Å²) in [7, 11) is 1.98. The SMILES string of the molecule is Cc1ccc2c(C(=O)c3ccc(Br)s3)cn(C)c2c1. The van der Waals surface area contributed by atoms with E-state index in [2.05, 4.69) is 28.9 Å². The lowest BCUT2D eigenvalue weighted by atomic mass is 10.1. The molecule has 0 unspecified atom stereocenters. The molecule has 0 radical (unpaired) electrons. The van der Waals surface area contributed by atoms with Crippen LogP contribution in [0, 0.1) is 6.92 Å². The van der Waals surface area contributed by atoms with Gasteiger partial charge in [-0.05, 0) is 46.6 Å². The first kappa shape index (κ1) is 12.6. The Balaban J connectivity index is 2.18. The van der Waals surface area contributed by atoms with Gasteiger partial charge in [0.2, 0.25) is 5.78 Å². The van der Waals surface area contributed by atoms with E-state index in [-0.39, 0.29) is 5.78 Å². The van der Waals surface area contributed by atoms with Gasteiger partial charge in [0.1, 0.15) is 0 Å². The first-order valence-electron chi connectivity index (χ1n) is 5.92. The topological polar surface area (TPSA) is 22.0 Å². The van der Waals surface area contributed by atoms with Crippen molar-refractivity contribution in [3.8, 4) is 0 Å². The molecule has 1 aromatic carbocycles. The molecule has 0 aliphatic rings. The lowest BCUT2D eigenvalue weighted by Gasteiger charge is -1.98. The predicted molar refractivity (Wildman–Crippen MR) is 83.1 cm³/mol. The van der Waals surface area contributed by atoms with Crippen molar-refractivity contribution in [2.24, 2.45) is 7.05 Å². The van der Waals surface area contributed by atoms with E-state index in [1.165, 1.54) is 16.9 Å². The number of halogens is 1. The Morgan fingerprint density at radius 1 is 1.26 bits per heavy atom. The van der Waals surface area contributed by atoms with E-state index in [1.54, 1.807) is 0 Å². The van der Waals surface area contributed by atoms with Gasteiger partial charge in [0, 0.05) is 29.7 Å². The van der Waals surface area contributed by atoms with E-state index in [9.17, 15) is 4.79 Å². The van der Waals surface area contributed by atoms with Crippen LogP contribution in [0.3, 0.4) is 0 Å². The third-order valence-electron chi connectivity index (χ3n) is 3.19. The van der Waals surface area contributed by atoms with Gasteiger partial charge >= 0.3 is 0 Å². The van der Waals surface area contributed by atoms with E-state index in [1.807, 2.05) is 42.1 Å². The van der Waals surface area contributed by atoms with Gasteiger partial charge in [-0.15, -0.1) is 11.3 Å². The van der Waals surface area contributed by atoms with Crippen molar-refractivity contribution in [1.82, 2.24) is 4.57 Å². The quantitative estimate of drug-likeness (QED) is 0.631. The summed E-state index contributed by atoms with van der Waals surface area (Å²) < 4.78 is 2.99. The maximum absolute atomic E-state index is 12.5. The van der Waals surface area contributed by atoms with Crippen LogP contribution in [0.5, 0.6) is 0 Å². The summed E-state index contributed by atoms with van der Waals surface area (Å²) in [5.41, 5.74) is 3.07. The summed E-state index contributed by atoms with van der Waals surface area (Å²) in [6.07, 6.45) is 1.92. The van der Waals surface area contributed by atoms with Gasteiger partial charge in [-0.1, -0.05) is 12.1 Å². The third kappa shape index (κ3) is 2.15. The number of hydrogen-bond acceptors (Lipinski definition) is 2. The standard InChI is InChI=1S/C15H12BrNOS/c1-9-3-4-10-11(8-17(2)12(10)7-9)15(18)13-5-6-14(16)19-13/h3-8H,1-2H3. The normalized spacial score (nSPS) is 11.1. The summed E-state index contributed by atoms with van der Waals surface area (Å²) in [5, 5.41) is 1.02. The van der Waals surface area contributed by atoms with E-state index >= 15 is 0 Å². The molecule has 3 rings (SSSR count). The Morgan fingerprint density at radius 2 is 2.05 bits per heavy atom. The molecule has 3 aromatic rings. The molecule has 0 aliphatic heterocycles. The van der Waals surface area contributed by atoms with Crippen molar-refractivity contribution in [3.63, 3.8) is 0 Å². The first-order valence-corrected chi connectivity index (χ1v) is 7.53. The van der Waals surface area contributed by atoms with E-state index < -0.39 is 0 Å². The number of fused-ring (bicyclic) bond motifs is 1. The van der Waals surface area contributed by atoms with E-state index in [0.717, 1.165) is 25.1 Å². The summed E-state index contributed by atoms with van der Waals surface area (Å²) in [6, 6.07) is 9.96. The molecule has 2 nitrogen and oxygen atoms in total. The Hall–Kier alpha value is -1.39.